The van der Waals surface area contributed by atoms with Crippen molar-refractivity contribution in [2.75, 3.05) is 0 Å². The summed E-state index contributed by atoms with van der Waals surface area (Å²) >= 11 is 0. The van der Waals surface area contributed by atoms with E-state index >= 15 is 0 Å². The summed E-state index contributed by atoms with van der Waals surface area (Å²) < 4.78 is 0. The summed E-state index contributed by atoms with van der Waals surface area (Å²) in [4.78, 5) is 0. The maximum atomic E-state index is 9.01. The number of rotatable bonds is 3. The van der Waals surface area contributed by atoms with Gasteiger partial charge in [-0.1, -0.05) is 30.3 Å². The molecule has 0 atom stereocenters. The Kier molecular flexibility index (Phi) is 2.60. The van der Waals surface area contributed by atoms with Gasteiger partial charge in [0.15, 0.2) is 0 Å². The number of aromatic amines is 1. The van der Waals surface area contributed by atoms with E-state index in [1.807, 2.05) is 18.2 Å². The van der Waals surface area contributed by atoms with E-state index in [9.17, 15) is 0 Å². The van der Waals surface area contributed by atoms with Crippen molar-refractivity contribution < 1.29 is 5.11 Å². The second kappa shape index (κ2) is 4.07. The van der Waals surface area contributed by atoms with E-state index in [0.717, 1.165) is 17.7 Å². The number of nitrogens with zero attached hydrogens (tertiary/aromatic N) is 1. The summed E-state index contributed by atoms with van der Waals surface area (Å²) in [5, 5.41) is 15.7. The molecule has 2 N–H and O–H groups in total. The van der Waals surface area contributed by atoms with Crippen LogP contribution in [0.1, 0.15) is 16.8 Å². The first-order chi connectivity index (χ1) is 6.90. The first-order valence-electron chi connectivity index (χ1n) is 4.56. The minimum Gasteiger partial charge on any atom is -0.390 e. The van der Waals surface area contributed by atoms with Crippen LogP contribution in [0.25, 0.3) is 0 Å². The molecule has 72 valence electrons. The van der Waals surface area contributed by atoms with Gasteiger partial charge in [0.05, 0.1) is 18.5 Å². The van der Waals surface area contributed by atoms with E-state index < -0.39 is 0 Å². The Labute approximate surface area is 82.4 Å². The Bertz CT molecular complexity index is 395. The molecule has 0 saturated carbocycles. The van der Waals surface area contributed by atoms with Crippen LogP contribution in [0.15, 0.2) is 36.5 Å². The van der Waals surface area contributed by atoms with Crippen LogP contribution in [0.4, 0.5) is 0 Å². The lowest BCUT2D eigenvalue weighted by Crippen LogP contribution is -1.92. The van der Waals surface area contributed by atoms with Gasteiger partial charge in [-0.25, -0.2) is 0 Å². The second-order valence-corrected chi connectivity index (χ2v) is 3.19. The minimum atomic E-state index is 0.0160. The maximum Gasteiger partial charge on any atom is 0.0850 e. The van der Waals surface area contributed by atoms with Gasteiger partial charge in [-0.15, -0.1) is 0 Å². The van der Waals surface area contributed by atoms with Crippen LogP contribution in [0, 0.1) is 0 Å². The van der Waals surface area contributed by atoms with Crippen molar-refractivity contribution in [1.82, 2.24) is 10.2 Å². The molecule has 1 heterocycles. The number of hydrogen-bond donors (Lipinski definition) is 2. The molecule has 2 rings (SSSR count). The van der Waals surface area contributed by atoms with Crippen LogP contribution in [-0.2, 0) is 13.0 Å². The number of aliphatic hydroxyl groups excluding tert-OH is 1. The van der Waals surface area contributed by atoms with Crippen LogP contribution >= 0.6 is 0 Å². The lowest BCUT2D eigenvalue weighted by molar-refractivity contribution is 0.275. The molecule has 0 amide bonds. The van der Waals surface area contributed by atoms with Crippen molar-refractivity contribution in [3.8, 4) is 0 Å². The molecule has 2 aromatic rings. The zero-order chi connectivity index (χ0) is 9.80. The van der Waals surface area contributed by atoms with Gasteiger partial charge < -0.3 is 5.11 Å². The van der Waals surface area contributed by atoms with E-state index in [4.69, 9.17) is 5.11 Å². The highest BCUT2D eigenvalue weighted by atomic mass is 16.3. The topological polar surface area (TPSA) is 48.9 Å². The Morgan fingerprint density at radius 2 is 2.00 bits per heavy atom. The van der Waals surface area contributed by atoms with Crippen molar-refractivity contribution in [1.29, 1.82) is 0 Å². The van der Waals surface area contributed by atoms with Crippen LogP contribution in [0.3, 0.4) is 0 Å². The third-order valence-corrected chi connectivity index (χ3v) is 2.20. The molecule has 1 aromatic carbocycles. The lowest BCUT2D eigenvalue weighted by atomic mass is 10.1. The third-order valence-electron chi connectivity index (χ3n) is 2.20. The third kappa shape index (κ3) is 1.83. The Balaban J connectivity index is 2.19. The fraction of sp³-hybridized carbons (Fsp3) is 0.182. The normalized spacial score (nSPS) is 10.4. The Hall–Kier alpha value is -1.61. The first kappa shape index (κ1) is 8.97. The SMILES string of the molecule is OCc1[nH]ncc1Cc1ccccc1. The lowest BCUT2D eigenvalue weighted by Gasteiger charge is -2.00. The first-order valence-corrected chi connectivity index (χ1v) is 4.56. The molecule has 0 radical (unpaired) electrons. The molecule has 14 heavy (non-hydrogen) atoms. The van der Waals surface area contributed by atoms with Crippen molar-refractivity contribution in [3.05, 3.63) is 53.3 Å². The van der Waals surface area contributed by atoms with Gasteiger partial charge in [0.2, 0.25) is 0 Å². The molecular weight excluding hydrogens is 176 g/mol. The zero-order valence-corrected chi connectivity index (χ0v) is 7.77. The highest BCUT2D eigenvalue weighted by molar-refractivity contribution is 5.26. The quantitative estimate of drug-likeness (QED) is 0.766. The van der Waals surface area contributed by atoms with Crippen LogP contribution in [0.5, 0.6) is 0 Å². The van der Waals surface area contributed by atoms with Gasteiger partial charge in [0.1, 0.15) is 0 Å². The van der Waals surface area contributed by atoms with Crippen molar-refractivity contribution >= 4 is 0 Å². The minimum absolute atomic E-state index is 0.0160. The monoisotopic (exact) mass is 188 g/mol. The molecule has 0 bridgehead atoms. The molecule has 1 aromatic heterocycles. The highest BCUT2D eigenvalue weighted by Gasteiger charge is 2.03. The van der Waals surface area contributed by atoms with Crippen molar-refractivity contribution in [2.45, 2.75) is 13.0 Å². The van der Waals surface area contributed by atoms with Gasteiger partial charge in [0, 0.05) is 6.42 Å². The molecule has 0 aliphatic heterocycles. The average molecular weight is 188 g/mol. The largest absolute Gasteiger partial charge is 0.390 e. The van der Waals surface area contributed by atoms with Gasteiger partial charge in [-0.05, 0) is 11.1 Å². The Morgan fingerprint density at radius 1 is 1.21 bits per heavy atom. The number of nitrogens with one attached hydrogen (secondary N) is 1. The predicted molar refractivity (Wildman–Crippen MR) is 53.8 cm³/mol. The fourth-order valence-electron chi connectivity index (χ4n) is 1.44. The molecule has 0 aliphatic rings. The van der Waals surface area contributed by atoms with Crippen molar-refractivity contribution in [3.63, 3.8) is 0 Å². The standard InChI is InChI=1S/C11H12N2O/c14-8-11-10(7-12-13-11)6-9-4-2-1-3-5-9/h1-5,7,14H,6,8H2,(H,12,13). The molecular formula is C11H12N2O. The van der Waals surface area contributed by atoms with Gasteiger partial charge in [-0.3, -0.25) is 5.10 Å². The van der Waals surface area contributed by atoms with E-state index in [-0.39, 0.29) is 6.61 Å². The molecule has 0 fully saturated rings. The summed E-state index contributed by atoms with van der Waals surface area (Å²) in [6, 6.07) is 10.1. The number of H-pyrrole nitrogens is 1. The zero-order valence-electron chi connectivity index (χ0n) is 7.77. The van der Waals surface area contributed by atoms with Gasteiger partial charge in [0.25, 0.3) is 0 Å². The van der Waals surface area contributed by atoms with E-state index in [1.54, 1.807) is 6.20 Å². The number of hydrogen-bond acceptors (Lipinski definition) is 2. The van der Waals surface area contributed by atoms with E-state index in [0.29, 0.717) is 0 Å². The molecule has 0 aliphatic carbocycles. The van der Waals surface area contributed by atoms with E-state index in [1.165, 1.54) is 5.56 Å². The summed E-state index contributed by atoms with van der Waals surface area (Å²) in [6.45, 7) is 0.0160. The van der Waals surface area contributed by atoms with Gasteiger partial charge in [-0.2, -0.15) is 5.10 Å². The number of benzene rings is 1. The van der Waals surface area contributed by atoms with Crippen molar-refractivity contribution in [2.24, 2.45) is 0 Å². The number of aromatic nitrogens is 2. The number of aliphatic hydroxyl groups is 1. The molecule has 3 heteroatoms. The van der Waals surface area contributed by atoms with Crippen LogP contribution in [0.2, 0.25) is 0 Å². The van der Waals surface area contributed by atoms with Crippen LogP contribution < -0.4 is 0 Å². The summed E-state index contributed by atoms with van der Waals surface area (Å²) in [6.07, 6.45) is 2.58. The fourth-order valence-corrected chi connectivity index (χ4v) is 1.44. The highest BCUT2D eigenvalue weighted by Crippen LogP contribution is 2.11. The average Bonchev–Trinajstić information content (AvgIpc) is 2.67. The summed E-state index contributed by atoms with van der Waals surface area (Å²) in [5.41, 5.74) is 3.08. The van der Waals surface area contributed by atoms with Gasteiger partial charge >= 0.3 is 0 Å². The smallest absolute Gasteiger partial charge is 0.0850 e. The summed E-state index contributed by atoms with van der Waals surface area (Å²) in [7, 11) is 0. The maximum absolute atomic E-state index is 9.01. The molecule has 0 saturated heterocycles. The molecule has 3 nitrogen and oxygen atoms in total. The second-order valence-electron chi connectivity index (χ2n) is 3.19. The predicted octanol–water partition coefficient (Wildman–Crippen LogP) is 1.49. The Morgan fingerprint density at radius 3 is 2.71 bits per heavy atom. The molecule has 0 unspecified atom stereocenters. The van der Waals surface area contributed by atoms with Crippen LogP contribution in [-0.4, -0.2) is 15.3 Å². The summed E-state index contributed by atoms with van der Waals surface area (Å²) in [5.74, 6) is 0. The van der Waals surface area contributed by atoms with E-state index in [2.05, 4.69) is 22.3 Å². The molecule has 0 spiro atoms.